The Morgan fingerprint density at radius 2 is 1.67 bits per heavy atom. The van der Waals surface area contributed by atoms with Gasteiger partial charge in [-0.05, 0) is 68.1 Å². The Hall–Kier alpha value is -3.41. The van der Waals surface area contributed by atoms with Crippen LogP contribution in [0.4, 0.5) is 11.4 Å². The van der Waals surface area contributed by atoms with E-state index in [0.29, 0.717) is 11.3 Å². The fourth-order valence-corrected chi connectivity index (χ4v) is 2.80. The fourth-order valence-electron chi connectivity index (χ4n) is 2.80. The number of rotatable bonds is 4. The monoisotopic (exact) mass is 364 g/mol. The molecule has 1 heterocycles. The highest BCUT2D eigenvalue weighted by atomic mass is 16.6. The lowest BCUT2D eigenvalue weighted by Crippen LogP contribution is -2.14. The standard InChI is InChI=1S/C21H20N2O4/c1-12-5-7-16(11-14(12)3)18-9-10-19(27-18)21(24)22-20-15(4)13(2)6-8-17(20)23(25)26/h5-11H,1-4H3,(H,22,24). The lowest BCUT2D eigenvalue weighted by molar-refractivity contribution is -0.384. The molecule has 0 radical (unpaired) electrons. The maximum absolute atomic E-state index is 12.6. The minimum absolute atomic E-state index is 0.0958. The number of nitrogens with zero attached hydrogens (tertiary/aromatic N) is 1. The number of hydrogen-bond donors (Lipinski definition) is 1. The number of carbonyl (C=O) groups excluding carboxylic acids is 1. The van der Waals surface area contributed by atoms with Crippen LogP contribution >= 0.6 is 0 Å². The van der Waals surface area contributed by atoms with E-state index in [1.165, 1.54) is 11.6 Å². The third-order valence-electron chi connectivity index (χ3n) is 4.77. The summed E-state index contributed by atoms with van der Waals surface area (Å²) in [5.74, 6) is 0.138. The second-order valence-corrected chi connectivity index (χ2v) is 6.58. The molecular weight excluding hydrogens is 344 g/mol. The molecule has 0 fully saturated rings. The van der Waals surface area contributed by atoms with Gasteiger partial charge >= 0.3 is 0 Å². The summed E-state index contributed by atoms with van der Waals surface area (Å²) in [6, 6.07) is 12.2. The van der Waals surface area contributed by atoms with Crippen molar-refractivity contribution in [3.05, 3.63) is 80.6 Å². The number of nitrogens with one attached hydrogen (secondary N) is 1. The van der Waals surface area contributed by atoms with E-state index in [4.69, 9.17) is 4.42 Å². The van der Waals surface area contributed by atoms with Gasteiger partial charge in [-0.25, -0.2) is 0 Å². The van der Waals surface area contributed by atoms with Gasteiger partial charge in [0.05, 0.1) is 4.92 Å². The zero-order chi connectivity index (χ0) is 19.7. The average Bonchev–Trinajstić information content (AvgIpc) is 3.11. The summed E-state index contributed by atoms with van der Waals surface area (Å²) in [4.78, 5) is 23.4. The highest BCUT2D eigenvalue weighted by Gasteiger charge is 2.21. The molecule has 0 aliphatic carbocycles. The zero-order valence-electron chi connectivity index (χ0n) is 15.6. The Morgan fingerprint density at radius 1 is 0.963 bits per heavy atom. The fraction of sp³-hybridized carbons (Fsp3) is 0.190. The van der Waals surface area contributed by atoms with Gasteiger partial charge in [0, 0.05) is 11.6 Å². The number of hydrogen-bond acceptors (Lipinski definition) is 4. The Balaban J connectivity index is 1.90. The molecule has 0 saturated carbocycles. The normalized spacial score (nSPS) is 10.7. The number of nitro benzene ring substituents is 1. The van der Waals surface area contributed by atoms with E-state index in [0.717, 1.165) is 16.7 Å². The van der Waals surface area contributed by atoms with E-state index in [2.05, 4.69) is 5.32 Å². The minimum atomic E-state index is -0.526. The van der Waals surface area contributed by atoms with E-state index < -0.39 is 10.8 Å². The van der Waals surface area contributed by atoms with Crippen LogP contribution in [-0.2, 0) is 0 Å². The van der Waals surface area contributed by atoms with Gasteiger partial charge in [0.25, 0.3) is 11.6 Å². The maximum Gasteiger partial charge on any atom is 0.293 e. The molecule has 0 bridgehead atoms. The topological polar surface area (TPSA) is 85.4 Å². The van der Waals surface area contributed by atoms with Crippen LogP contribution in [0.3, 0.4) is 0 Å². The SMILES string of the molecule is Cc1ccc(-c2ccc(C(=O)Nc3c([N+](=O)[O-])ccc(C)c3C)o2)cc1C. The summed E-state index contributed by atoms with van der Waals surface area (Å²) in [5, 5.41) is 13.9. The molecule has 27 heavy (non-hydrogen) atoms. The molecule has 6 heteroatoms. The van der Waals surface area contributed by atoms with Crippen LogP contribution in [0.1, 0.15) is 32.8 Å². The number of aryl methyl sites for hydroxylation is 3. The Labute approximate surface area is 157 Å². The van der Waals surface area contributed by atoms with Crippen LogP contribution in [0.25, 0.3) is 11.3 Å². The number of carbonyl (C=O) groups is 1. The van der Waals surface area contributed by atoms with Crippen LogP contribution in [0, 0.1) is 37.8 Å². The Kier molecular flexibility index (Phi) is 4.81. The van der Waals surface area contributed by atoms with E-state index in [1.807, 2.05) is 39.0 Å². The van der Waals surface area contributed by atoms with E-state index in [-0.39, 0.29) is 17.1 Å². The Bertz CT molecular complexity index is 1050. The smallest absolute Gasteiger partial charge is 0.293 e. The van der Waals surface area contributed by atoms with Crippen LogP contribution in [-0.4, -0.2) is 10.8 Å². The summed E-state index contributed by atoms with van der Waals surface area (Å²) >= 11 is 0. The minimum Gasteiger partial charge on any atom is -0.451 e. The first-order valence-electron chi connectivity index (χ1n) is 8.51. The van der Waals surface area contributed by atoms with Crippen molar-refractivity contribution < 1.29 is 14.1 Å². The molecule has 1 amide bonds. The average molecular weight is 364 g/mol. The van der Waals surface area contributed by atoms with Crippen LogP contribution in [0.15, 0.2) is 46.9 Å². The first-order valence-corrected chi connectivity index (χ1v) is 8.51. The quantitative estimate of drug-likeness (QED) is 0.500. The molecule has 3 rings (SSSR count). The van der Waals surface area contributed by atoms with Crippen molar-refractivity contribution in [2.45, 2.75) is 27.7 Å². The summed E-state index contributed by atoms with van der Waals surface area (Å²) in [6.07, 6.45) is 0. The molecule has 0 aliphatic rings. The first-order chi connectivity index (χ1) is 12.8. The van der Waals surface area contributed by atoms with E-state index in [1.54, 1.807) is 25.1 Å². The molecule has 0 unspecified atom stereocenters. The van der Waals surface area contributed by atoms with Crippen molar-refractivity contribution >= 4 is 17.3 Å². The molecule has 2 aromatic carbocycles. The summed E-state index contributed by atoms with van der Waals surface area (Å²) < 4.78 is 5.69. The van der Waals surface area contributed by atoms with Crippen molar-refractivity contribution in [3.63, 3.8) is 0 Å². The third-order valence-corrected chi connectivity index (χ3v) is 4.77. The van der Waals surface area contributed by atoms with Crippen LogP contribution in [0.2, 0.25) is 0 Å². The lowest BCUT2D eigenvalue weighted by atomic mass is 10.1. The molecule has 0 saturated heterocycles. The molecule has 3 aromatic rings. The highest BCUT2D eigenvalue weighted by molar-refractivity contribution is 6.04. The van der Waals surface area contributed by atoms with Crippen LogP contribution in [0.5, 0.6) is 0 Å². The zero-order valence-corrected chi connectivity index (χ0v) is 15.6. The molecule has 6 nitrogen and oxygen atoms in total. The molecule has 0 aliphatic heterocycles. The maximum atomic E-state index is 12.6. The van der Waals surface area contributed by atoms with Gasteiger partial charge in [-0.3, -0.25) is 14.9 Å². The van der Waals surface area contributed by atoms with Gasteiger partial charge in [-0.2, -0.15) is 0 Å². The predicted octanol–water partition coefficient (Wildman–Crippen LogP) is 5.34. The van der Waals surface area contributed by atoms with Crippen LogP contribution < -0.4 is 5.32 Å². The summed E-state index contributed by atoms with van der Waals surface area (Å²) in [6.45, 7) is 7.60. The van der Waals surface area contributed by atoms with Crippen molar-refractivity contribution in [3.8, 4) is 11.3 Å². The summed E-state index contributed by atoms with van der Waals surface area (Å²) in [7, 11) is 0. The molecular formula is C21H20N2O4. The van der Waals surface area contributed by atoms with Crippen molar-refractivity contribution in [1.29, 1.82) is 0 Å². The van der Waals surface area contributed by atoms with Gasteiger partial charge in [0.15, 0.2) is 5.76 Å². The molecule has 0 spiro atoms. The summed E-state index contributed by atoms with van der Waals surface area (Å²) in [5.41, 5.74) is 4.72. The van der Waals surface area contributed by atoms with Crippen molar-refractivity contribution in [1.82, 2.24) is 0 Å². The molecule has 138 valence electrons. The van der Waals surface area contributed by atoms with Crippen molar-refractivity contribution in [2.24, 2.45) is 0 Å². The largest absolute Gasteiger partial charge is 0.451 e. The number of furan rings is 1. The first kappa shape index (κ1) is 18.4. The highest BCUT2D eigenvalue weighted by Crippen LogP contribution is 2.31. The van der Waals surface area contributed by atoms with Gasteiger partial charge in [-0.15, -0.1) is 0 Å². The molecule has 1 N–H and O–H groups in total. The number of benzene rings is 2. The molecule has 1 aromatic heterocycles. The number of nitro groups is 1. The Morgan fingerprint density at radius 3 is 2.33 bits per heavy atom. The van der Waals surface area contributed by atoms with Gasteiger partial charge < -0.3 is 9.73 Å². The number of amides is 1. The molecule has 0 atom stereocenters. The second kappa shape index (κ2) is 7.07. The van der Waals surface area contributed by atoms with E-state index in [9.17, 15) is 14.9 Å². The predicted molar refractivity (Wildman–Crippen MR) is 104 cm³/mol. The van der Waals surface area contributed by atoms with Crippen molar-refractivity contribution in [2.75, 3.05) is 5.32 Å². The lowest BCUT2D eigenvalue weighted by Gasteiger charge is -2.10. The van der Waals surface area contributed by atoms with E-state index >= 15 is 0 Å². The second-order valence-electron chi connectivity index (χ2n) is 6.58. The number of anilines is 1. The van der Waals surface area contributed by atoms with Gasteiger partial charge in [0.2, 0.25) is 0 Å². The van der Waals surface area contributed by atoms with Gasteiger partial charge in [-0.1, -0.05) is 18.2 Å². The van der Waals surface area contributed by atoms with Gasteiger partial charge in [0.1, 0.15) is 11.4 Å². The third kappa shape index (κ3) is 3.60.